The smallest absolute Gasteiger partial charge is 0.0954 e. The molecule has 2 atom stereocenters. The highest BCUT2D eigenvalue weighted by atomic mass is 32.1. The predicted molar refractivity (Wildman–Crippen MR) is 99.7 cm³/mol. The fraction of sp³-hybridized carbons (Fsp3) is 0.632. The average molecular weight is 346 g/mol. The van der Waals surface area contributed by atoms with Gasteiger partial charge in [-0.3, -0.25) is 9.80 Å². The molecule has 4 rings (SSSR count). The molecule has 4 nitrogen and oxygen atoms in total. The highest BCUT2D eigenvalue weighted by Crippen LogP contribution is 2.26. The van der Waals surface area contributed by atoms with E-state index in [0.717, 1.165) is 44.2 Å². The van der Waals surface area contributed by atoms with Gasteiger partial charge in [0, 0.05) is 38.6 Å². The first-order valence-electron chi connectivity index (χ1n) is 9.16. The van der Waals surface area contributed by atoms with Crippen LogP contribution in [0.1, 0.15) is 18.4 Å². The Morgan fingerprint density at radius 3 is 2.92 bits per heavy atom. The summed E-state index contributed by atoms with van der Waals surface area (Å²) in [6.07, 6.45) is 2.41. The normalized spacial score (nSPS) is 24.6. The lowest BCUT2D eigenvalue weighted by Crippen LogP contribution is -2.40. The van der Waals surface area contributed by atoms with Crippen LogP contribution in [0.4, 0.5) is 0 Å². The Hall–Kier alpha value is -1.01. The van der Waals surface area contributed by atoms with Crippen LogP contribution in [0.5, 0.6) is 0 Å². The van der Waals surface area contributed by atoms with E-state index < -0.39 is 0 Å². The lowest BCUT2D eigenvalue weighted by atomic mass is 10.1. The van der Waals surface area contributed by atoms with E-state index in [0.29, 0.717) is 6.04 Å². The Bertz CT molecular complexity index is 634. The number of fused-ring (bicyclic) bond motifs is 1. The molecule has 2 saturated heterocycles. The molecule has 0 radical (unpaired) electrons. The number of nitrogens with zero attached hydrogens (tertiary/aromatic N) is 3. The van der Waals surface area contributed by atoms with E-state index in [-0.39, 0.29) is 0 Å². The van der Waals surface area contributed by atoms with E-state index in [9.17, 15) is 0 Å². The number of ether oxygens (including phenoxy) is 1. The van der Waals surface area contributed by atoms with Gasteiger partial charge in [0.2, 0.25) is 0 Å². The molecule has 2 aromatic rings. The van der Waals surface area contributed by atoms with Crippen molar-refractivity contribution in [1.82, 2.24) is 14.8 Å². The lowest BCUT2D eigenvalue weighted by molar-refractivity contribution is 0.0309. The molecular formula is C19H27N3OS. The molecule has 0 amide bonds. The molecule has 2 aliphatic heterocycles. The zero-order chi connectivity index (χ0) is 16.4. The standard InChI is InChI=1S/C19H27N3OS/c1-15(12-19-20-17-4-2-3-5-18(17)24-19)22-7-6-16(14-22)13-21-8-10-23-11-9-21/h2-5,15-16H,6-14H2,1H3. The van der Waals surface area contributed by atoms with Crippen LogP contribution in [0.3, 0.4) is 0 Å². The first-order valence-corrected chi connectivity index (χ1v) is 9.98. The van der Waals surface area contributed by atoms with Gasteiger partial charge in [-0.2, -0.15) is 0 Å². The molecule has 5 heteroatoms. The number of thiazole rings is 1. The Kier molecular flexibility index (Phi) is 5.13. The molecule has 0 N–H and O–H groups in total. The van der Waals surface area contributed by atoms with Crippen molar-refractivity contribution in [3.8, 4) is 0 Å². The number of rotatable bonds is 5. The molecule has 2 unspecified atom stereocenters. The van der Waals surface area contributed by atoms with Crippen LogP contribution in [0.25, 0.3) is 10.2 Å². The van der Waals surface area contributed by atoms with E-state index in [1.165, 1.54) is 35.8 Å². The molecule has 0 saturated carbocycles. The maximum atomic E-state index is 5.46. The first kappa shape index (κ1) is 16.5. The molecule has 24 heavy (non-hydrogen) atoms. The summed E-state index contributed by atoms with van der Waals surface area (Å²) in [6, 6.07) is 9.06. The number of hydrogen-bond acceptors (Lipinski definition) is 5. The summed E-state index contributed by atoms with van der Waals surface area (Å²) < 4.78 is 6.77. The fourth-order valence-corrected chi connectivity index (χ4v) is 5.04. The van der Waals surface area contributed by atoms with E-state index in [4.69, 9.17) is 9.72 Å². The van der Waals surface area contributed by atoms with Crippen LogP contribution in [0.15, 0.2) is 24.3 Å². The van der Waals surface area contributed by atoms with Gasteiger partial charge in [0.1, 0.15) is 0 Å². The second-order valence-corrected chi connectivity index (χ2v) is 8.31. The quantitative estimate of drug-likeness (QED) is 0.833. The number of aromatic nitrogens is 1. The van der Waals surface area contributed by atoms with E-state index >= 15 is 0 Å². The van der Waals surface area contributed by atoms with Crippen molar-refractivity contribution in [3.63, 3.8) is 0 Å². The van der Waals surface area contributed by atoms with E-state index in [1.54, 1.807) is 0 Å². The summed E-state index contributed by atoms with van der Waals surface area (Å²) in [4.78, 5) is 10.0. The molecule has 0 aliphatic carbocycles. The third-order valence-corrected chi connectivity index (χ3v) is 6.43. The van der Waals surface area contributed by atoms with Crippen LogP contribution in [-0.4, -0.2) is 66.8 Å². The van der Waals surface area contributed by atoms with Crippen LogP contribution in [0, 0.1) is 5.92 Å². The molecule has 2 fully saturated rings. The van der Waals surface area contributed by atoms with Crippen molar-refractivity contribution >= 4 is 21.6 Å². The van der Waals surface area contributed by atoms with Crippen molar-refractivity contribution in [3.05, 3.63) is 29.3 Å². The maximum absolute atomic E-state index is 5.46. The van der Waals surface area contributed by atoms with Gasteiger partial charge in [0.15, 0.2) is 0 Å². The van der Waals surface area contributed by atoms with Gasteiger partial charge >= 0.3 is 0 Å². The molecule has 0 bridgehead atoms. The molecule has 2 aliphatic rings. The van der Waals surface area contributed by atoms with Crippen LogP contribution in [-0.2, 0) is 11.2 Å². The SMILES string of the molecule is CC(Cc1nc2ccccc2s1)N1CCC(CN2CCOCC2)C1. The minimum absolute atomic E-state index is 0.584. The largest absolute Gasteiger partial charge is 0.379 e. The lowest BCUT2D eigenvalue weighted by Gasteiger charge is -2.29. The summed E-state index contributed by atoms with van der Waals surface area (Å²) in [6.45, 7) is 10.1. The van der Waals surface area contributed by atoms with Crippen molar-refractivity contribution in [2.45, 2.75) is 25.8 Å². The van der Waals surface area contributed by atoms with Gasteiger partial charge in [-0.15, -0.1) is 11.3 Å². The third kappa shape index (κ3) is 3.80. The summed E-state index contributed by atoms with van der Waals surface area (Å²) in [5.74, 6) is 0.820. The Balaban J connectivity index is 1.31. The van der Waals surface area contributed by atoms with Gasteiger partial charge < -0.3 is 4.74 Å². The van der Waals surface area contributed by atoms with Crippen molar-refractivity contribution < 1.29 is 4.74 Å². The van der Waals surface area contributed by atoms with Gasteiger partial charge in [0.25, 0.3) is 0 Å². The predicted octanol–water partition coefficient (Wildman–Crippen LogP) is 2.88. The van der Waals surface area contributed by atoms with Gasteiger partial charge in [-0.25, -0.2) is 4.98 Å². The second-order valence-electron chi connectivity index (χ2n) is 7.19. The molecule has 1 aromatic heterocycles. The Morgan fingerprint density at radius 1 is 1.25 bits per heavy atom. The summed E-state index contributed by atoms with van der Waals surface area (Å²) in [5, 5.41) is 1.28. The zero-order valence-corrected chi connectivity index (χ0v) is 15.3. The summed E-state index contributed by atoms with van der Waals surface area (Å²) in [7, 11) is 0. The molecular weight excluding hydrogens is 318 g/mol. The molecule has 3 heterocycles. The highest BCUT2D eigenvalue weighted by Gasteiger charge is 2.28. The van der Waals surface area contributed by atoms with Crippen molar-refractivity contribution in [2.24, 2.45) is 5.92 Å². The second kappa shape index (κ2) is 7.48. The fourth-order valence-electron chi connectivity index (χ4n) is 3.95. The maximum Gasteiger partial charge on any atom is 0.0954 e. The highest BCUT2D eigenvalue weighted by molar-refractivity contribution is 7.18. The molecule has 1 aromatic carbocycles. The Labute approximate surface area is 148 Å². The average Bonchev–Trinajstić information content (AvgIpc) is 3.22. The Morgan fingerprint density at radius 2 is 2.08 bits per heavy atom. The van der Waals surface area contributed by atoms with Gasteiger partial charge in [-0.05, 0) is 37.9 Å². The van der Waals surface area contributed by atoms with Gasteiger partial charge in [0.05, 0.1) is 28.4 Å². The van der Waals surface area contributed by atoms with E-state index in [2.05, 4.69) is 41.0 Å². The first-order chi connectivity index (χ1) is 11.8. The zero-order valence-electron chi connectivity index (χ0n) is 14.5. The van der Waals surface area contributed by atoms with E-state index in [1.807, 2.05) is 11.3 Å². The summed E-state index contributed by atoms with van der Waals surface area (Å²) in [5.41, 5.74) is 1.15. The van der Waals surface area contributed by atoms with Crippen molar-refractivity contribution in [2.75, 3.05) is 45.9 Å². The topological polar surface area (TPSA) is 28.6 Å². The minimum atomic E-state index is 0.584. The number of benzene rings is 1. The third-order valence-electron chi connectivity index (χ3n) is 5.37. The monoisotopic (exact) mass is 345 g/mol. The number of para-hydroxylation sites is 1. The molecule has 0 spiro atoms. The number of hydrogen-bond donors (Lipinski definition) is 0. The van der Waals surface area contributed by atoms with Crippen LogP contribution in [0.2, 0.25) is 0 Å². The summed E-state index contributed by atoms with van der Waals surface area (Å²) >= 11 is 1.85. The minimum Gasteiger partial charge on any atom is -0.379 e. The van der Waals surface area contributed by atoms with Crippen LogP contribution >= 0.6 is 11.3 Å². The van der Waals surface area contributed by atoms with Crippen molar-refractivity contribution in [1.29, 1.82) is 0 Å². The number of likely N-dealkylation sites (tertiary alicyclic amines) is 1. The molecule has 130 valence electrons. The van der Waals surface area contributed by atoms with Crippen LogP contribution < -0.4 is 0 Å². The number of morpholine rings is 1. The van der Waals surface area contributed by atoms with Gasteiger partial charge in [-0.1, -0.05) is 12.1 Å².